The summed E-state index contributed by atoms with van der Waals surface area (Å²) in [4.78, 5) is 12.2. The Balaban J connectivity index is 2.78. The number of nitrogens with zero attached hydrogens (tertiary/aromatic N) is 1. The zero-order valence-corrected chi connectivity index (χ0v) is 9.88. The highest BCUT2D eigenvalue weighted by atomic mass is 19.3. The van der Waals surface area contributed by atoms with Gasteiger partial charge in [0.05, 0.1) is 13.0 Å². The third-order valence-corrected chi connectivity index (χ3v) is 2.18. The van der Waals surface area contributed by atoms with Crippen LogP contribution in [0.5, 0.6) is 0 Å². The molecule has 1 N–H and O–H groups in total. The maximum Gasteiger partial charge on any atom is 0.412 e. The van der Waals surface area contributed by atoms with Crippen molar-refractivity contribution >= 4 is 6.09 Å². The van der Waals surface area contributed by atoms with Gasteiger partial charge in [0.1, 0.15) is 11.3 Å². The van der Waals surface area contributed by atoms with Crippen LogP contribution in [0.15, 0.2) is 0 Å². The minimum absolute atomic E-state index is 0.665. The van der Waals surface area contributed by atoms with Gasteiger partial charge in [-0.25, -0.2) is 13.6 Å². The molecule has 4 nitrogen and oxygen atoms in total. The van der Waals surface area contributed by atoms with Gasteiger partial charge in [-0.2, -0.15) is 0 Å². The SMILES string of the molecule is CC(C)(C)OC(=O)N1CC(F)(F)C[C@@]1(C)O. The number of carbonyl (C=O) groups excluding carboxylic acids is 1. The van der Waals surface area contributed by atoms with Crippen molar-refractivity contribution in [3.63, 3.8) is 0 Å². The number of hydrogen-bond acceptors (Lipinski definition) is 3. The summed E-state index contributed by atoms with van der Waals surface area (Å²) < 4.78 is 31.1. The average Bonchev–Trinajstić information content (AvgIpc) is 2.14. The van der Waals surface area contributed by atoms with Crippen molar-refractivity contribution < 1.29 is 23.4 Å². The van der Waals surface area contributed by atoms with Gasteiger partial charge >= 0.3 is 6.09 Å². The Bertz CT molecular complexity index is 297. The fraction of sp³-hybridized carbons (Fsp3) is 0.900. The van der Waals surface area contributed by atoms with E-state index in [1.807, 2.05) is 0 Å². The predicted octanol–water partition coefficient (Wildman–Crippen LogP) is 1.97. The van der Waals surface area contributed by atoms with E-state index in [1.165, 1.54) is 6.92 Å². The van der Waals surface area contributed by atoms with Gasteiger partial charge < -0.3 is 9.84 Å². The predicted molar refractivity (Wildman–Crippen MR) is 53.1 cm³/mol. The first-order chi connectivity index (χ1) is 6.93. The Labute approximate surface area is 93.2 Å². The Morgan fingerprint density at radius 1 is 1.44 bits per heavy atom. The number of alkyl halides is 2. The number of hydrogen-bond donors (Lipinski definition) is 1. The molecule has 94 valence electrons. The molecular weight excluding hydrogens is 220 g/mol. The van der Waals surface area contributed by atoms with Crippen LogP contribution in [0, 0.1) is 0 Å². The number of likely N-dealkylation sites (tertiary alicyclic amines) is 1. The van der Waals surface area contributed by atoms with Crippen LogP contribution < -0.4 is 0 Å². The zero-order valence-electron chi connectivity index (χ0n) is 9.88. The minimum Gasteiger partial charge on any atom is -0.444 e. The molecule has 1 saturated heterocycles. The average molecular weight is 237 g/mol. The number of aliphatic hydroxyl groups is 1. The second kappa shape index (κ2) is 3.55. The molecular formula is C10H17F2NO3. The lowest BCUT2D eigenvalue weighted by molar-refractivity contribution is -0.0738. The maximum atomic E-state index is 13.1. The fourth-order valence-electron chi connectivity index (χ4n) is 1.62. The van der Waals surface area contributed by atoms with Crippen LogP contribution in [0.25, 0.3) is 0 Å². The number of halogens is 2. The molecule has 0 spiro atoms. The smallest absolute Gasteiger partial charge is 0.412 e. The molecule has 1 aliphatic rings. The molecule has 1 rings (SSSR count). The molecule has 6 heteroatoms. The van der Waals surface area contributed by atoms with E-state index < -0.39 is 36.3 Å². The largest absolute Gasteiger partial charge is 0.444 e. The summed E-state index contributed by atoms with van der Waals surface area (Å²) in [6, 6.07) is 0. The highest BCUT2D eigenvalue weighted by molar-refractivity contribution is 5.69. The summed E-state index contributed by atoms with van der Waals surface area (Å²) in [5, 5.41) is 9.70. The summed E-state index contributed by atoms with van der Waals surface area (Å²) in [5.41, 5.74) is -2.63. The molecule has 0 bridgehead atoms. The van der Waals surface area contributed by atoms with Gasteiger partial charge in [-0.1, -0.05) is 0 Å². The van der Waals surface area contributed by atoms with Crippen LogP contribution in [-0.4, -0.2) is 39.9 Å². The highest BCUT2D eigenvalue weighted by Gasteiger charge is 2.54. The first-order valence-electron chi connectivity index (χ1n) is 5.04. The maximum absolute atomic E-state index is 13.1. The molecule has 0 radical (unpaired) electrons. The molecule has 0 aromatic rings. The van der Waals surface area contributed by atoms with Crippen molar-refractivity contribution in [2.45, 2.75) is 51.4 Å². The van der Waals surface area contributed by atoms with Gasteiger partial charge in [-0.05, 0) is 27.7 Å². The molecule has 1 amide bonds. The van der Waals surface area contributed by atoms with Crippen molar-refractivity contribution in [1.82, 2.24) is 4.90 Å². The third-order valence-electron chi connectivity index (χ3n) is 2.18. The van der Waals surface area contributed by atoms with Gasteiger partial charge in [-0.15, -0.1) is 0 Å². The third kappa shape index (κ3) is 3.04. The molecule has 0 unspecified atom stereocenters. The van der Waals surface area contributed by atoms with Gasteiger partial charge in [0, 0.05) is 0 Å². The molecule has 0 saturated carbocycles. The van der Waals surface area contributed by atoms with Gasteiger partial charge in [-0.3, -0.25) is 4.90 Å². The van der Waals surface area contributed by atoms with Gasteiger partial charge in [0.2, 0.25) is 0 Å². The van der Waals surface area contributed by atoms with Crippen LogP contribution in [0.1, 0.15) is 34.1 Å². The monoisotopic (exact) mass is 237 g/mol. The number of carbonyl (C=O) groups is 1. The molecule has 0 aliphatic carbocycles. The lowest BCUT2D eigenvalue weighted by Gasteiger charge is -2.31. The lowest BCUT2D eigenvalue weighted by Crippen LogP contribution is -2.47. The lowest BCUT2D eigenvalue weighted by atomic mass is 10.1. The van der Waals surface area contributed by atoms with E-state index in [1.54, 1.807) is 20.8 Å². The Hall–Kier alpha value is -0.910. The second-order valence-corrected chi connectivity index (χ2v) is 5.32. The van der Waals surface area contributed by atoms with E-state index in [4.69, 9.17) is 4.74 Å². The standard InChI is InChI=1S/C10H17F2NO3/c1-8(2,3)16-7(14)13-6-10(11,12)5-9(13,4)15/h15H,5-6H2,1-4H3/t9-/m1/s1. The Morgan fingerprint density at radius 2 is 1.94 bits per heavy atom. The van der Waals surface area contributed by atoms with Crippen LogP contribution in [0.4, 0.5) is 13.6 Å². The van der Waals surface area contributed by atoms with Crippen LogP contribution in [0.3, 0.4) is 0 Å². The first-order valence-corrected chi connectivity index (χ1v) is 5.04. The fourth-order valence-corrected chi connectivity index (χ4v) is 1.62. The molecule has 1 aliphatic heterocycles. The Morgan fingerprint density at radius 3 is 2.25 bits per heavy atom. The molecule has 1 atom stereocenters. The normalized spacial score (nSPS) is 29.3. The van der Waals surface area contributed by atoms with Crippen LogP contribution in [-0.2, 0) is 4.74 Å². The quantitative estimate of drug-likeness (QED) is 0.700. The van der Waals surface area contributed by atoms with E-state index in [0.717, 1.165) is 0 Å². The molecule has 0 aromatic carbocycles. The number of ether oxygens (including phenoxy) is 1. The van der Waals surface area contributed by atoms with Crippen LogP contribution in [0.2, 0.25) is 0 Å². The topological polar surface area (TPSA) is 49.8 Å². The highest BCUT2D eigenvalue weighted by Crippen LogP contribution is 2.38. The van der Waals surface area contributed by atoms with Crippen molar-refractivity contribution in [1.29, 1.82) is 0 Å². The van der Waals surface area contributed by atoms with Crippen molar-refractivity contribution in [2.75, 3.05) is 6.54 Å². The number of amides is 1. The van der Waals surface area contributed by atoms with Crippen LogP contribution >= 0.6 is 0 Å². The van der Waals surface area contributed by atoms with Crippen molar-refractivity contribution in [2.24, 2.45) is 0 Å². The number of rotatable bonds is 0. The summed E-state index contributed by atoms with van der Waals surface area (Å²) >= 11 is 0. The summed E-state index contributed by atoms with van der Waals surface area (Å²) in [6.07, 6.45) is -1.69. The van der Waals surface area contributed by atoms with Gasteiger partial charge in [0.25, 0.3) is 5.92 Å². The first kappa shape index (κ1) is 13.2. The summed E-state index contributed by atoms with van der Waals surface area (Å²) in [5.74, 6) is -3.07. The summed E-state index contributed by atoms with van der Waals surface area (Å²) in [7, 11) is 0. The van der Waals surface area contributed by atoms with E-state index in [2.05, 4.69) is 0 Å². The van der Waals surface area contributed by atoms with Gasteiger partial charge in [0.15, 0.2) is 0 Å². The molecule has 16 heavy (non-hydrogen) atoms. The van der Waals surface area contributed by atoms with Crippen molar-refractivity contribution in [3.8, 4) is 0 Å². The van der Waals surface area contributed by atoms with Crippen molar-refractivity contribution in [3.05, 3.63) is 0 Å². The van der Waals surface area contributed by atoms with E-state index in [0.29, 0.717) is 4.90 Å². The van der Waals surface area contributed by atoms with E-state index in [-0.39, 0.29) is 0 Å². The molecule has 0 aromatic heterocycles. The van der Waals surface area contributed by atoms with E-state index in [9.17, 15) is 18.7 Å². The Kier molecular flexibility index (Phi) is 2.92. The molecule has 1 heterocycles. The van der Waals surface area contributed by atoms with E-state index >= 15 is 0 Å². The minimum atomic E-state index is -3.07. The molecule has 1 fully saturated rings. The second-order valence-electron chi connectivity index (χ2n) is 5.32. The zero-order chi connectivity index (χ0) is 12.8. The summed E-state index contributed by atoms with van der Waals surface area (Å²) in [6.45, 7) is 5.27.